The highest BCUT2D eigenvalue weighted by Crippen LogP contribution is 2.11. The molecule has 0 unspecified atom stereocenters. The molecule has 0 saturated carbocycles. The lowest BCUT2D eigenvalue weighted by Gasteiger charge is -2.34. The van der Waals surface area contributed by atoms with Gasteiger partial charge in [-0.15, -0.1) is 0 Å². The maximum absolute atomic E-state index is 12.6. The fourth-order valence-corrected chi connectivity index (χ4v) is 3.84. The van der Waals surface area contributed by atoms with Crippen LogP contribution in [-0.2, 0) is 16.0 Å². The Bertz CT molecular complexity index is 1050. The van der Waals surface area contributed by atoms with E-state index in [2.05, 4.69) is 17.2 Å². The van der Waals surface area contributed by atoms with Crippen LogP contribution in [-0.4, -0.2) is 57.6 Å². The first-order valence-corrected chi connectivity index (χ1v) is 11.1. The predicted molar refractivity (Wildman–Crippen MR) is 125 cm³/mol. The molecule has 0 spiro atoms. The van der Waals surface area contributed by atoms with E-state index in [1.165, 1.54) is 5.56 Å². The third-order valence-corrected chi connectivity index (χ3v) is 5.68. The van der Waals surface area contributed by atoms with Gasteiger partial charge in [0.15, 0.2) is 0 Å². The monoisotopic (exact) mass is 428 g/mol. The molecule has 32 heavy (non-hydrogen) atoms. The van der Waals surface area contributed by atoms with E-state index >= 15 is 0 Å². The minimum atomic E-state index is -0.0337. The lowest BCUT2D eigenvalue weighted by atomic mass is 10.1. The molecule has 1 aliphatic rings. The highest BCUT2D eigenvalue weighted by Gasteiger charge is 2.22. The summed E-state index contributed by atoms with van der Waals surface area (Å²) < 4.78 is 1.78. The number of nitrogens with zero attached hydrogens (tertiary/aromatic N) is 4. The first-order valence-electron chi connectivity index (χ1n) is 11.1. The third kappa shape index (κ3) is 5.72. The van der Waals surface area contributed by atoms with Crippen molar-refractivity contribution in [3.63, 3.8) is 0 Å². The van der Waals surface area contributed by atoms with Crippen LogP contribution in [0.3, 0.4) is 0 Å². The number of carbonyl (C=O) groups excluding carboxylic acids is 2. The Balaban J connectivity index is 1.21. The van der Waals surface area contributed by atoms with E-state index in [1.54, 1.807) is 27.9 Å². The summed E-state index contributed by atoms with van der Waals surface area (Å²) in [7, 11) is 0. The maximum atomic E-state index is 12.6. The number of amides is 2. The Morgan fingerprint density at radius 3 is 2.25 bits per heavy atom. The van der Waals surface area contributed by atoms with Gasteiger partial charge in [-0.25, -0.2) is 4.68 Å². The van der Waals surface area contributed by atoms with Gasteiger partial charge < -0.3 is 9.80 Å². The number of para-hydroxylation sites is 1. The summed E-state index contributed by atoms with van der Waals surface area (Å²) in [6.07, 6.45) is 9.32. The van der Waals surface area contributed by atoms with Gasteiger partial charge in [-0.05, 0) is 36.6 Å². The molecule has 2 heterocycles. The fourth-order valence-electron chi connectivity index (χ4n) is 3.84. The second kappa shape index (κ2) is 10.6. The Morgan fingerprint density at radius 1 is 0.875 bits per heavy atom. The van der Waals surface area contributed by atoms with Gasteiger partial charge in [-0.3, -0.25) is 9.59 Å². The number of hydrogen-bond donors (Lipinski definition) is 0. The van der Waals surface area contributed by atoms with Gasteiger partial charge in [0.2, 0.25) is 11.8 Å². The van der Waals surface area contributed by atoms with Gasteiger partial charge in [-0.2, -0.15) is 5.10 Å². The molecule has 0 bridgehead atoms. The Morgan fingerprint density at radius 2 is 1.53 bits per heavy atom. The summed E-state index contributed by atoms with van der Waals surface area (Å²) >= 11 is 0. The van der Waals surface area contributed by atoms with Crippen molar-refractivity contribution in [2.24, 2.45) is 0 Å². The van der Waals surface area contributed by atoms with Crippen LogP contribution in [0.15, 0.2) is 79.1 Å². The third-order valence-electron chi connectivity index (χ3n) is 5.68. The Hall–Kier alpha value is -3.67. The lowest BCUT2D eigenvalue weighted by molar-refractivity contribution is -0.137. The van der Waals surface area contributed by atoms with Crippen LogP contribution in [0.4, 0.5) is 0 Å². The van der Waals surface area contributed by atoms with E-state index in [0.29, 0.717) is 32.6 Å². The molecular formula is C26H28N4O2. The molecule has 0 atom stereocenters. The van der Waals surface area contributed by atoms with Gasteiger partial charge in [0.05, 0.1) is 11.9 Å². The van der Waals surface area contributed by atoms with Crippen molar-refractivity contribution in [1.29, 1.82) is 0 Å². The summed E-state index contributed by atoms with van der Waals surface area (Å²) in [6, 6.07) is 20.1. The van der Waals surface area contributed by atoms with Crippen molar-refractivity contribution < 1.29 is 9.59 Å². The van der Waals surface area contributed by atoms with Crippen LogP contribution in [0, 0.1) is 0 Å². The molecule has 1 fully saturated rings. The Labute approximate surface area is 188 Å². The zero-order chi connectivity index (χ0) is 22.2. The zero-order valence-electron chi connectivity index (χ0n) is 18.1. The number of rotatable bonds is 7. The molecule has 6 nitrogen and oxygen atoms in total. The zero-order valence-corrected chi connectivity index (χ0v) is 18.1. The van der Waals surface area contributed by atoms with E-state index in [1.807, 2.05) is 59.6 Å². The lowest BCUT2D eigenvalue weighted by Crippen LogP contribution is -2.50. The molecule has 0 aliphatic carbocycles. The minimum Gasteiger partial charge on any atom is -0.339 e. The summed E-state index contributed by atoms with van der Waals surface area (Å²) in [4.78, 5) is 28.7. The van der Waals surface area contributed by atoms with E-state index in [-0.39, 0.29) is 11.8 Å². The quantitative estimate of drug-likeness (QED) is 0.541. The molecule has 6 heteroatoms. The predicted octanol–water partition coefficient (Wildman–Crippen LogP) is 3.58. The fraction of sp³-hybridized carbons (Fsp3) is 0.269. The van der Waals surface area contributed by atoms with Crippen LogP contribution >= 0.6 is 0 Å². The second-order valence-corrected chi connectivity index (χ2v) is 7.93. The molecule has 164 valence electrons. The second-order valence-electron chi connectivity index (χ2n) is 7.93. The number of carbonyl (C=O) groups is 2. The standard InChI is InChI=1S/C26H28N4O2/c31-25(13-7-10-22-8-3-1-4-9-22)28-16-18-29(19-17-28)26(32)15-14-23-20-27-30(21-23)24-11-5-2-6-12-24/h1-6,8-9,11-12,14-15,20-21H,7,10,13,16-19H2/b15-14+. The molecule has 4 rings (SSSR count). The van der Waals surface area contributed by atoms with Crippen LogP contribution < -0.4 is 0 Å². The summed E-state index contributed by atoms with van der Waals surface area (Å²) in [5, 5.41) is 4.35. The van der Waals surface area contributed by atoms with Gasteiger partial charge in [0, 0.05) is 50.4 Å². The summed E-state index contributed by atoms with van der Waals surface area (Å²) in [5.41, 5.74) is 3.11. The van der Waals surface area contributed by atoms with Crippen molar-refractivity contribution in [2.75, 3.05) is 26.2 Å². The largest absolute Gasteiger partial charge is 0.339 e. The average molecular weight is 429 g/mol. The summed E-state index contributed by atoms with van der Waals surface area (Å²) in [6.45, 7) is 2.32. The topological polar surface area (TPSA) is 58.4 Å². The van der Waals surface area contributed by atoms with Crippen LogP contribution in [0.1, 0.15) is 24.0 Å². The van der Waals surface area contributed by atoms with Crippen molar-refractivity contribution >= 4 is 17.9 Å². The van der Waals surface area contributed by atoms with E-state index in [4.69, 9.17) is 0 Å². The molecule has 1 aromatic heterocycles. The van der Waals surface area contributed by atoms with Crippen LogP contribution in [0.25, 0.3) is 11.8 Å². The molecule has 1 aliphatic heterocycles. The normalized spacial score (nSPS) is 14.1. The molecule has 0 radical (unpaired) electrons. The molecule has 0 N–H and O–H groups in total. The van der Waals surface area contributed by atoms with Crippen molar-refractivity contribution in [2.45, 2.75) is 19.3 Å². The number of benzene rings is 2. The molecular weight excluding hydrogens is 400 g/mol. The average Bonchev–Trinajstić information content (AvgIpc) is 3.33. The van der Waals surface area contributed by atoms with Crippen molar-refractivity contribution in [1.82, 2.24) is 19.6 Å². The van der Waals surface area contributed by atoms with Crippen LogP contribution in [0.5, 0.6) is 0 Å². The number of hydrogen-bond acceptors (Lipinski definition) is 3. The Kier molecular flexibility index (Phi) is 7.12. The van der Waals surface area contributed by atoms with E-state index in [0.717, 1.165) is 24.1 Å². The van der Waals surface area contributed by atoms with Gasteiger partial charge >= 0.3 is 0 Å². The number of piperazine rings is 1. The van der Waals surface area contributed by atoms with E-state index < -0.39 is 0 Å². The smallest absolute Gasteiger partial charge is 0.246 e. The molecule has 2 aromatic carbocycles. The van der Waals surface area contributed by atoms with Gasteiger partial charge in [-0.1, -0.05) is 48.5 Å². The van der Waals surface area contributed by atoms with E-state index in [9.17, 15) is 9.59 Å². The number of aromatic nitrogens is 2. The first-order chi connectivity index (χ1) is 15.7. The SMILES string of the molecule is O=C(/C=C/c1cnn(-c2ccccc2)c1)N1CCN(C(=O)CCCc2ccccc2)CC1. The molecule has 1 saturated heterocycles. The highest BCUT2D eigenvalue weighted by molar-refractivity contribution is 5.92. The van der Waals surface area contributed by atoms with Crippen molar-refractivity contribution in [3.05, 3.63) is 90.3 Å². The maximum Gasteiger partial charge on any atom is 0.246 e. The minimum absolute atomic E-state index is 0.0337. The summed E-state index contributed by atoms with van der Waals surface area (Å²) in [5.74, 6) is 0.144. The van der Waals surface area contributed by atoms with Crippen LogP contribution in [0.2, 0.25) is 0 Å². The highest BCUT2D eigenvalue weighted by atomic mass is 16.2. The first kappa shape index (κ1) is 21.6. The van der Waals surface area contributed by atoms with Gasteiger partial charge in [0.25, 0.3) is 0 Å². The number of aryl methyl sites for hydroxylation is 1. The molecule has 3 aromatic rings. The van der Waals surface area contributed by atoms with Gasteiger partial charge in [0.1, 0.15) is 0 Å². The van der Waals surface area contributed by atoms with Crippen molar-refractivity contribution in [3.8, 4) is 5.69 Å². The molecule has 2 amide bonds.